The van der Waals surface area contributed by atoms with Gasteiger partial charge in [-0.2, -0.15) is 0 Å². The third-order valence-corrected chi connectivity index (χ3v) is 5.38. The summed E-state index contributed by atoms with van der Waals surface area (Å²) in [5.74, 6) is 0.259. The van der Waals surface area contributed by atoms with E-state index in [1.54, 1.807) is 28.0 Å². The van der Waals surface area contributed by atoms with E-state index in [4.69, 9.17) is 4.74 Å². The van der Waals surface area contributed by atoms with Gasteiger partial charge in [-0.3, -0.25) is 9.59 Å². The summed E-state index contributed by atoms with van der Waals surface area (Å²) in [4.78, 5) is 28.1. The number of benzene rings is 2. The Morgan fingerprint density at radius 1 is 1.17 bits per heavy atom. The molecule has 4 rings (SSSR count). The molecule has 0 aromatic heterocycles. The highest BCUT2D eigenvalue weighted by Crippen LogP contribution is 2.25. The minimum absolute atomic E-state index is 0. The molecule has 2 heterocycles. The Labute approximate surface area is 181 Å². The zero-order valence-electron chi connectivity index (χ0n) is 16.6. The molecule has 0 radical (unpaired) electrons. The average molecular weight is 434 g/mol. The second-order valence-electron chi connectivity index (χ2n) is 7.29. The number of hydrogen-bond donors (Lipinski definition) is 1. The van der Waals surface area contributed by atoms with Crippen LogP contribution in [0.3, 0.4) is 0 Å². The second-order valence-corrected chi connectivity index (χ2v) is 7.29. The molecular formula is C22H25ClFN3O3. The number of rotatable bonds is 5. The second kappa shape index (κ2) is 9.91. The maximum absolute atomic E-state index is 13.6. The van der Waals surface area contributed by atoms with E-state index in [1.807, 2.05) is 18.2 Å². The summed E-state index contributed by atoms with van der Waals surface area (Å²) in [6.07, 6.45) is 1.46. The Morgan fingerprint density at radius 3 is 2.67 bits per heavy atom. The lowest BCUT2D eigenvalue weighted by Gasteiger charge is -2.36. The van der Waals surface area contributed by atoms with Crippen molar-refractivity contribution in [2.45, 2.75) is 18.9 Å². The van der Waals surface area contributed by atoms with Gasteiger partial charge in [-0.05, 0) is 48.4 Å². The number of hydrogen-bond acceptors (Lipinski definition) is 4. The number of carbonyl (C=O) groups excluding carboxylic acids is 2. The Bertz CT molecular complexity index is 893. The lowest BCUT2D eigenvalue weighted by molar-refractivity contribution is -0.136. The van der Waals surface area contributed by atoms with Crippen LogP contribution in [0.5, 0.6) is 5.75 Å². The van der Waals surface area contributed by atoms with Crippen molar-refractivity contribution in [3.63, 3.8) is 0 Å². The van der Waals surface area contributed by atoms with Crippen LogP contribution in [0.25, 0.3) is 0 Å². The Morgan fingerprint density at radius 2 is 1.97 bits per heavy atom. The van der Waals surface area contributed by atoms with E-state index in [1.165, 1.54) is 12.1 Å². The third kappa shape index (κ3) is 4.91. The number of nitrogens with one attached hydrogen (secondary N) is 1. The van der Waals surface area contributed by atoms with Gasteiger partial charge in [0.1, 0.15) is 11.6 Å². The molecule has 8 heteroatoms. The predicted molar refractivity (Wildman–Crippen MR) is 114 cm³/mol. The summed E-state index contributed by atoms with van der Waals surface area (Å²) >= 11 is 0. The smallest absolute Gasteiger partial charge is 0.261 e. The van der Waals surface area contributed by atoms with Crippen LogP contribution in [0.1, 0.15) is 24.4 Å². The van der Waals surface area contributed by atoms with Crippen LogP contribution in [0, 0.1) is 5.82 Å². The summed E-state index contributed by atoms with van der Waals surface area (Å²) in [5.41, 5.74) is 1.62. The first-order valence-corrected chi connectivity index (χ1v) is 9.91. The van der Waals surface area contributed by atoms with Crippen LogP contribution < -0.4 is 15.0 Å². The summed E-state index contributed by atoms with van der Waals surface area (Å²) in [7, 11) is 0. The minimum Gasteiger partial charge on any atom is -0.484 e. The van der Waals surface area contributed by atoms with Gasteiger partial charge >= 0.3 is 0 Å². The molecule has 2 amide bonds. The molecule has 0 aliphatic carbocycles. The lowest BCUT2D eigenvalue weighted by atomic mass is 10.0. The number of carbonyl (C=O) groups is 2. The van der Waals surface area contributed by atoms with Crippen molar-refractivity contribution in [2.75, 3.05) is 37.7 Å². The van der Waals surface area contributed by atoms with Crippen molar-refractivity contribution in [2.24, 2.45) is 0 Å². The van der Waals surface area contributed by atoms with Crippen LogP contribution in [-0.4, -0.2) is 49.5 Å². The zero-order valence-corrected chi connectivity index (χ0v) is 17.4. The zero-order chi connectivity index (χ0) is 20.2. The largest absolute Gasteiger partial charge is 0.484 e. The quantitative estimate of drug-likeness (QED) is 0.787. The number of amides is 2. The molecule has 2 aliphatic rings. The fourth-order valence-corrected chi connectivity index (χ4v) is 3.89. The molecule has 0 spiro atoms. The fraction of sp³-hybridized carbons (Fsp3) is 0.364. The van der Waals surface area contributed by atoms with E-state index in [0.29, 0.717) is 31.8 Å². The van der Waals surface area contributed by atoms with Gasteiger partial charge in [0.2, 0.25) is 5.91 Å². The van der Waals surface area contributed by atoms with E-state index in [-0.39, 0.29) is 42.7 Å². The van der Waals surface area contributed by atoms with Gasteiger partial charge < -0.3 is 19.9 Å². The standard InChI is InChI=1S/C22H24FN3O3.ClH/c23-17-4-1-3-16(13-17)20-14-24-10-12-26(20)22(28)15-29-19-8-6-18(7-9-19)25-11-2-5-21(25)27;/h1,3-4,6-9,13,20,24H,2,5,10-12,14-15H2;1H. The molecule has 2 fully saturated rings. The van der Waals surface area contributed by atoms with Gasteiger partial charge in [0, 0.05) is 38.3 Å². The molecule has 2 aromatic carbocycles. The van der Waals surface area contributed by atoms with Gasteiger partial charge in [0.05, 0.1) is 6.04 Å². The van der Waals surface area contributed by atoms with Crippen molar-refractivity contribution in [3.8, 4) is 5.75 Å². The highest BCUT2D eigenvalue weighted by molar-refractivity contribution is 5.95. The van der Waals surface area contributed by atoms with Crippen LogP contribution in [-0.2, 0) is 9.59 Å². The predicted octanol–water partition coefficient (Wildman–Crippen LogP) is 2.93. The molecule has 160 valence electrons. The van der Waals surface area contributed by atoms with Gasteiger partial charge in [-0.15, -0.1) is 12.4 Å². The van der Waals surface area contributed by atoms with E-state index in [9.17, 15) is 14.0 Å². The molecule has 1 N–H and O–H groups in total. The highest BCUT2D eigenvalue weighted by Gasteiger charge is 2.28. The van der Waals surface area contributed by atoms with Gasteiger partial charge in [-0.25, -0.2) is 4.39 Å². The van der Waals surface area contributed by atoms with Gasteiger partial charge in [-0.1, -0.05) is 12.1 Å². The molecular weight excluding hydrogens is 409 g/mol. The molecule has 6 nitrogen and oxygen atoms in total. The van der Waals surface area contributed by atoms with E-state index in [0.717, 1.165) is 24.2 Å². The van der Waals surface area contributed by atoms with Crippen LogP contribution in [0.15, 0.2) is 48.5 Å². The van der Waals surface area contributed by atoms with Crippen LogP contribution in [0.2, 0.25) is 0 Å². The summed E-state index contributed by atoms with van der Waals surface area (Å²) in [6.45, 7) is 2.46. The Kier molecular flexibility index (Phi) is 7.29. The maximum Gasteiger partial charge on any atom is 0.261 e. The maximum atomic E-state index is 13.6. The lowest BCUT2D eigenvalue weighted by Crippen LogP contribution is -2.50. The van der Waals surface area contributed by atoms with Crippen LogP contribution >= 0.6 is 12.4 Å². The van der Waals surface area contributed by atoms with Crippen molar-refractivity contribution >= 4 is 29.9 Å². The average Bonchev–Trinajstić information content (AvgIpc) is 3.18. The molecule has 2 aromatic rings. The molecule has 0 bridgehead atoms. The van der Waals surface area contributed by atoms with Crippen molar-refractivity contribution in [1.29, 1.82) is 0 Å². The summed E-state index contributed by atoms with van der Waals surface area (Å²) < 4.78 is 19.3. The summed E-state index contributed by atoms with van der Waals surface area (Å²) in [6, 6.07) is 13.4. The molecule has 0 saturated carbocycles. The van der Waals surface area contributed by atoms with Gasteiger partial charge in [0.25, 0.3) is 5.91 Å². The van der Waals surface area contributed by atoms with Crippen LogP contribution in [0.4, 0.5) is 10.1 Å². The molecule has 1 unspecified atom stereocenters. The first kappa shape index (κ1) is 22.1. The molecule has 2 saturated heterocycles. The highest BCUT2D eigenvalue weighted by atomic mass is 35.5. The topological polar surface area (TPSA) is 61.9 Å². The van der Waals surface area contributed by atoms with E-state index in [2.05, 4.69) is 5.32 Å². The number of anilines is 1. The third-order valence-electron chi connectivity index (χ3n) is 5.38. The molecule has 2 aliphatic heterocycles. The van der Waals surface area contributed by atoms with Gasteiger partial charge in [0.15, 0.2) is 6.61 Å². The number of halogens is 2. The van der Waals surface area contributed by atoms with Crippen molar-refractivity contribution in [1.82, 2.24) is 10.2 Å². The number of piperazine rings is 1. The normalized spacial score (nSPS) is 18.8. The van der Waals surface area contributed by atoms with E-state index < -0.39 is 0 Å². The first-order chi connectivity index (χ1) is 14.1. The first-order valence-electron chi connectivity index (χ1n) is 9.91. The minimum atomic E-state index is -0.312. The fourth-order valence-electron chi connectivity index (χ4n) is 3.89. The Hall–Kier alpha value is -2.64. The molecule has 1 atom stereocenters. The van der Waals surface area contributed by atoms with E-state index >= 15 is 0 Å². The van der Waals surface area contributed by atoms with Crippen molar-refractivity contribution in [3.05, 3.63) is 59.9 Å². The number of ether oxygens (including phenoxy) is 1. The van der Waals surface area contributed by atoms with Crippen molar-refractivity contribution < 1.29 is 18.7 Å². The monoisotopic (exact) mass is 433 g/mol. The number of nitrogens with zero attached hydrogens (tertiary/aromatic N) is 2. The SMILES string of the molecule is Cl.O=C1CCCN1c1ccc(OCC(=O)N2CCNCC2c2cccc(F)c2)cc1. The Balaban J connectivity index is 0.00000256. The summed E-state index contributed by atoms with van der Waals surface area (Å²) in [5, 5.41) is 3.26. The molecule has 30 heavy (non-hydrogen) atoms.